The molecule has 1 amide bonds. The minimum absolute atomic E-state index is 0.00108. The van der Waals surface area contributed by atoms with Crippen LogP contribution in [0.1, 0.15) is 53.4 Å². The van der Waals surface area contributed by atoms with Gasteiger partial charge in [-0.1, -0.05) is 19.1 Å². The first kappa shape index (κ1) is 14.8. The predicted octanol–water partition coefficient (Wildman–Crippen LogP) is 1.84. The molecule has 0 spiro atoms. The summed E-state index contributed by atoms with van der Waals surface area (Å²) in [5.41, 5.74) is 1.52. The number of fused-ring (bicyclic) bond motifs is 3. The smallest absolute Gasteiger partial charge is 0.273 e. The van der Waals surface area contributed by atoms with E-state index in [0.717, 1.165) is 17.1 Å². The Bertz CT molecular complexity index is 725. The zero-order valence-corrected chi connectivity index (χ0v) is 14.0. The fourth-order valence-corrected chi connectivity index (χ4v) is 3.99. The van der Waals surface area contributed by atoms with E-state index in [-0.39, 0.29) is 18.1 Å². The van der Waals surface area contributed by atoms with Gasteiger partial charge in [-0.25, -0.2) is 9.67 Å². The molecule has 4 heterocycles. The van der Waals surface area contributed by atoms with Crippen molar-refractivity contribution in [3.63, 3.8) is 0 Å². The van der Waals surface area contributed by atoms with Crippen molar-refractivity contribution in [1.29, 1.82) is 0 Å². The molecular formula is C15H19N5O2S. The number of carbonyl (C=O) groups excluding carboxylic acids is 1. The number of amides is 1. The minimum atomic E-state index is -0.00108. The molecule has 1 saturated heterocycles. The van der Waals surface area contributed by atoms with Crippen LogP contribution in [0.3, 0.4) is 0 Å². The largest absolute Gasteiger partial charge is 0.370 e. The SMILES string of the molecule is CC(C)c1nc(C(=O)N2CC[C@H]3OCc4cnnn4[C@@H]3C2)cs1. The summed E-state index contributed by atoms with van der Waals surface area (Å²) in [6.45, 7) is 6.01. The standard InChI is InChI=1S/C15H19N5O2S/c1-9(2)14-17-11(8-23-14)15(21)19-4-3-13-12(6-19)20-10(7-22-13)5-16-18-20/h5,8-9,12-13H,3-4,6-7H2,1-2H3/t12-,13-/m1/s1. The van der Waals surface area contributed by atoms with E-state index in [9.17, 15) is 4.79 Å². The molecule has 0 bridgehead atoms. The van der Waals surface area contributed by atoms with Gasteiger partial charge in [0.15, 0.2) is 0 Å². The molecular weight excluding hydrogens is 314 g/mol. The molecule has 2 aromatic rings. The average Bonchev–Trinajstić information content (AvgIpc) is 3.22. The van der Waals surface area contributed by atoms with Gasteiger partial charge in [-0.3, -0.25) is 4.79 Å². The first-order chi connectivity index (χ1) is 11.1. The summed E-state index contributed by atoms with van der Waals surface area (Å²) in [5, 5.41) is 11.0. The molecule has 0 saturated carbocycles. The number of hydrogen-bond acceptors (Lipinski definition) is 6. The molecule has 7 nitrogen and oxygen atoms in total. The number of carbonyl (C=O) groups is 1. The van der Waals surface area contributed by atoms with E-state index in [0.29, 0.717) is 31.3 Å². The number of hydrogen-bond donors (Lipinski definition) is 0. The van der Waals surface area contributed by atoms with Crippen LogP contribution >= 0.6 is 11.3 Å². The lowest BCUT2D eigenvalue weighted by Crippen LogP contribution is -2.50. The second kappa shape index (κ2) is 5.68. The fourth-order valence-electron chi connectivity index (χ4n) is 3.18. The molecule has 2 aliphatic heterocycles. The second-order valence-electron chi connectivity index (χ2n) is 6.35. The third-order valence-corrected chi connectivity index (χ3v) is 5.60. The van der Waals surface area contributed by atoms with Crippen molar-refractivity contribution in [1.82, 2.24) is 24.9 Å². The van der Waals surface area contributed by atoms with Crippen molar-refractivity contribution in [3.05, 3.63) is 28.0 Å². The van der Waals surface area contributed by atoms with Gasteiger partial charge in [-0.15, -0.1) is 16.4 Å². The maximum Gasteiger partial charge on any atom is 0.273 e. The van der Waals surface area contributed by atoms with Crippen LogP contribution in [0.15, 0.2) is 11.6 Å². The Morgan fingerprint density at radius 1 is 1.48 bits per heavy atom. The zero-order valence-electron chi connectivity index (χ0n) is 13.2. The highest BCUT2D eigenvalue weighted by Gasteiger charge is 2.38. The van der Waals surface area contributed by atoms with Crippen LogP contribution in [0, 0.1) is 0 Å². The van der Waals surface area contributed by atoms with E-state index in [4.69, 9.17) is 4.74 Å². The Balaban J connectivity index is 1.54. The molecule has 0 aromatic carbocycles. The summed E-state index contributed by atoms with van der Waals surface area (Å²) >= 11 is 1.55. The molecule has 2 aliphatic rings. The Morgan fingerprint density at radius 3 is 3.13 bits per heavy atom. The van der Waals surface area contributed by atoms with Crippen LogP contribution in [-0.2, 0) is 11.3 Å². The van der Waals surface area contributed by atoms with E-state index in [1.807, 2.05) is 15.0 Å². The Hall–Kier alpha value is -1.80. The van der Waals surface area contributed by atoms with E-state index in [1.54, 1.807) is 17.5 Å². The summed E-state index contributed by atoms with van der Waals surface area (Å²) in [5.74, 6) is 0.343. The molecule has 122 valence electrons. The van der Waals surface area contributed by atoms with Crippen LogP contribution in [0.4, 0.5) is 0 Å². The van der Waals surface area contributed by atoms with Gasteiger partial charge in [0, 0.05) is 24.4 Å². The Morgan fingerprint density at radius 2 is 2.35 bits per heavy atom. The third-order valence-electron chi connectivity index (χ3n) is 4.45. The van der Waals surface area contributed by atoms with Gasteiger partial charge in [0.1, 0.15) is 5.69 Å². The maximum absolute atomic E-state index is 12.7. The van der Waals surface area contributed by atoms with Crippen LogP contribution in [-0.4, -0.2) is 50.0 Å². The number of rotatable bonds is 2. The van der Waals surface area contributed by atoms with Crippen molar-refractivity contribution in [3.8, 4) is 0 Å². The molecule has 0 N–H and O–H groups in total. The quantitative estimate of drug-likeness (QED) is 0.838. The van der Waals surface area contributed by atoms with E-state index in [1.165, 1.54) is 0 Å². The number of ether oxygens (including phenoxy) is 1. The van der Waals surface area contributed by atoms with Gasteiger partial charge in [-0.2, -0.15) is 0 Å². The van der Waals surface area contributed by atoms with Crippen molar-refractivity contribution < 1.29 is 9.53 Å². The van der Waals surface area contributed by atoms with Gasteiger partial charge in [0.2, 0.25) is 0 Å². The van der Waals surface area contributed by atoms with Crippen molar-refractivity contribution in [2.45, 2.75) is 44.9 Å². The van der Waals surface area contributed by atoms with Crippen LogP contribution in [0.5, 0.6) is 0 Å². The monoisotopic (exact) mass is 333 g/mol. The molecule has 8 heteroatoms. The number of aromatic nitrogens is 4. The normalized spacial score (nSPS) is 23.7. The molecule has 0 unspecified atom stereocenters. The number of likely N-dealkylation sites (tertiary alicyclic amines) is 1. The molecule has 1 fully saturated rings. The highest BCUT2D eigenvalue weighted by Crippen LogP contribution is 2.31. The fraction of sp³-hybridized carbons (Fsp3) is 0.600. The van der Waals surface area contributed by atoms with Gasteiger partial charge < -0.3 is 9.64 Å². The van der Waals surface area contributed by atoms with Crippen molar-refractivity contribution in [2.24, 2.45) is 0 Å². The van der Waals surface area contributed by atoms with E-state index in [2.05, 4.69) is 29.1 Å². The molecule has 0 radical (unpaired) electrons. The summed E-state index contributed by atoms with van der Waals surface area (Å²) in [6.07, 6.45) is 2.65. The van der Waals surface area contributed by atoms with Gasteiger partial charge in [0.05, 0.1) is 35.7 Å². The van der Waals surface area contributed by atoms with Crippen LogP contribution in [0.25, 0.3) is 0 Å². The van der Waals surface area contributed by atoms with E-state index >= 15 is 0 Å². The number of nitrogens with zero attached hydrogens (tertiary/aromatic N) is 5. The third kappa shape index (κ3) is 2.55. The summed E-state index contributed by atoms with van der Waals surface area (Å²) in [7, 11) is 0. The van der Waals surface area contributed by atoms with Crippen LogP contribution < -0.4 is 0 Å². The van der Waals surface area contributed by atoms with Crippen molar-refractivity contribution in [2.75, 3.05) is 13.1 Å². The lowest BCUT2D eigenvalue weighted by atomic mass is 10.00. The van der Waals surface area contributed by atoms with Crippen molar-refractivity contribution >= 4 is 17.2 Å². The summed E-state index contributed by atoms with van der Waals surface area (Å²) in [6, 6.07) is 0.0437. The highest BCUT2D eigenvalue weighted by atomic mass is 32.1. The number of thiazole rings is 1. The average molecular weight is 333 g/mol. The zero-order chi connectivity index (χ0) is 16.0. The van der Waals surface area contributed by atoms with Gasteiger partial charge in [0.25, 0.3) is 5.91 Å². The molecule has 2 atom stereocenters. The summed E-state index contributed by atoms with van der Waals surface area (Å²) in [4.78, 5) is 19.1. The first-order valence-corrected chi connectivity index (χ1v) is 8.77. The van der Waals surface area contributed by atoms with Crippen LogP contribution in [0.2, 0.25) is 0 Å². The van der Waals surface area contributed by atoms with Gasteiger partial charge in [-0.05, 0) is 6.42 Å². The second-order valence-corrected chi connectivity index (χ2v) is 7.24. The molecule has 23 heavy (non-hydrogen) atoms. The Labute approximate surface area is 138 Å². The Kier molecular flexibility index (Phi) is 3.65. The minimum Gasteiger partial charge on any atom is -0.370 e. The lowest BCUT2D eigenvalue weighted by molar-refractivity contribution is -0.0605. The lowest BCUT2D eigenvalue weighted by Gasteiger charge is -2.40. The molecule has 0 aliphatic carbocycles. The molecule has 4 rings (SSSR count). The van der Waals surface area contributed by atoms with E-state index < -0.39 is 0 Å². The maximum atomic E-state index is 12.7. The van der Waals surface area contributed by atoms with Gasteiger partial charge >= 0.3 is 0 Å². The first-order valence-electron chi connectivity index (χ1n) is 7.89. The highest BCUT2D eigenvalue weighted by molar-refractivity contribution is 7.09. The molecule has 2 aromatic heterocycles. The predicted molar refractivity (Wildman–Crippen MR) is 84.4 cm³/mol. The number of piperidine rings is 1. The topological polar surface area (TPSA) is 73.1 Å². The summed E-state index contributed by atoms with van der Waals surface area (Å²) < 4.78 is 7.79.